The molecule has 0 saturated carbocycles. The lowest BCUT2D eigenvalue weighted by Crippen LogP contribution is -2.19. The van der Waals surface area contributed by atoms with E-state index in [0.29, 0.717) is 68.8 Å². The summed E-state index contributed by atoms with van der Waals surface area (Å²) in [5.41, 5.74) is -1.83. The molecule has 2 atom stereocenters. The van der Waals surface area contributed by atoms with Gasteiger partial charge in [-0.25, -0.2) is 0 Å². The smallest absolute Gasteiger partial charge is 0.416 e. The number of rotatable bonds is 13. The Kier molecular flexibility index (Phi) is 15.7. The Hall–Kier alpha value is -5.46. The van der Waals surface area contributed by atoms with Crippen molar-refractivity contribution in [2.45, 2.75) is 106 Å². The third-order valence-electron chi connectivity index (χ3n) is 11.0. The highest BCUT2D eigenvalue weighted by molar-refractivity contribution is 7.57. The van der Waals surface area contributed by atoms with Gasteiger partial charge in [-0.05, 0) is 159 Å². The summed E-state index contributed by atoms with van der Waals surface area (Å²) in [4.78, 5) is 0. The largest absolute Gasteiger partial charge is 0.435 e. The predicted octanol–water partition coefficient (Wildman–Crippen LogP) is 17.7. The van der Waals surface area contributed by atoms with E-state index in [1.165, 1.54) is 0 Å². The number of hydrogen-bond acceptors (Lipinski definition) is 4. The van der Waals surface area contributed by atoms with Gasteiger partial charge in [0.25, 0.3) is 0 Å². The van der Waals surface area contributed by atoms with Gasteiger partial charge < -0.3 is 18.1 Å². The van der Waals surface area contributed by atoms with E-state index in [2.05, 4.69) is 0 Å². The second-order valence-electron chi connectivity index (χ2n) is 17.7. The van der Waals surface area contributed by atoms with Crippen molar-refractivity contribution in [2.24, 2.45) is 0 Å². The summed E-state index contributed by atoms with van der Waals surface area (Å²) in [6.07, 6.45) is -20.9. The molecule has 6 rings (SSSR count). The van der Waals surface area contributed by atoms with Crippen molar-refractivity contribution in [3.8, 4) is 34.1 Å². The van der Waals surface area contributed by atoms with Crippen molar-refractivity contribution >= 4 is 27.4 Å². The molecule has 2 unspecified atom stereocenters. The van der Waals surface area contributed by atoms with Crippen LogP contribution in [0.4, 0.5) is 52.7 Å². The number of hydrogen-bond donors (Lipinski definition) is 0. The van der Waals surface area contributed by atoms with Crippen LogP contribution < -0.4 is 28.7 Å². The third kappa shape index (κ3) is 12.7. The molecule has 4 nitrogen and oxygen atoms in total. The molecule has 0 heterocycles. The summed E-state index contributed by atoms with van der Waals surface area (Å²) in [5, 5.41) is -1.17. The average molecular weight is 1030 g/mol. The van der Waals surface area contributed by atoms with Gasteiger partial charge in [-0.15, -0.1) is 0 Å². The maximum Gasteiger partial charge on any atom is 0.416 e. The molecule has 6 aromatic carbocycles. The molecule has 0 aromatic heterocycles. The molecule has 0 fully saturated rings. The van der Waals surface area contributed by atoms with E-state index in [9.17, 15) is 52.7 Å². The minimum atomic E-state index is -5.23. The molecular weight excluding hydrogens is 978 g/mol. The molecule has 6 aromatic rings. The van der Waals surface area contributed by atoms with Crippen molar-refractivity contribution in [3.63, 3.8) is 0 Å². The first kappa shape index (κ1) is 53.9. The van der Waals surface area contributed by atoms with E-state index < -0.39 is 74.3 Å². The molecule has 0 saturated heterocycles. The fraction of sp³-hybridized carbons (Fsp3) is 0.308. The van der Waals surface area contributed by atoms with E-state index in [0.717, 1.165) is 0 Å². The Bertz CT molecular complexity index is 2630. The van der Waals surface area contributed by atoms with Crippen molar-refractivity contribution in [2.75, 3.05) is 0 Å². The van der Waals surface area contributed by atoms with Gasteiger partial charge in [-0.1, -0.05) is 64.1 Å². The van der Waals surface area contributed by atoms with Crippen LogP contribution in [-0.4, -0.2) is 0 Å². The Morgan fingerprint density at radius 2 is 0.657 bits per heavy atom. The summed E-state index contributed by atoms with van der Waals surface area (Å²) >= 11 is 0. The molecule has 0 aliphatic heterocycles. The SMILES string of the molecule is Cc1ccc(C(C)C)c(OP(Oc2c(C)cc(C)cc2-c2cc(C)cc(C)c2OP(Oc2cc(C)ccc2C(C)C)c2cc(C(F)(F)F)cc(C(F)(F)F)c2)c2cc(C(F)(F)F)cc(C(F)(F)F)c2)c1. The summed E-state index contributed by atoms with van der Waals surface area (Å²) in [6.45, 7) is 17.3. The second-order valence-corrected chi connectivity index (χ2v) is 20.5. The molecule has 0 aliphatic rings. The highest BCUT2D eigenvalue weighted by atomic mass is 31.2. The fourth-order valence-electron chi connectivity index (χ4n) is 7.63. The Balaban J connectivity index is 1.63. The first-order valence-corrected chi connectivity index (χ1v) is 24.0. The average Bonchev–Trinajstić information content (AvgIpc) is 3.22. The van der Waals surface area contributed by atoms with Gasteiger partial charge in [0.05, 0.1) is 32.9 Å². The van der Waals surface area contributed by atoms with Crippen LogP contribution in [-0.2, 0) is 24.7 Å². The lowest BCUT2D eigenvalue weighted by molar-refractivity contribution is -0.144. The molecule has 70 heavy (non-hydrogen) atoms. The Morgan fingerprint density at radius 3 is 0.929 bits per heavy atom. The Morgan fingerprint density at radius 1 is 0.357 bits per heavy atom. The van der Waals surface area contributed by atoms with Crippen LogP contribution in [0.3, 0.4) is 0 Å². The van der Waals surface area contributed by atoms with E-state index in [1.807, 2.05) is 27.7 Å². The molecule has 18 heteroatoms. The van der Waals surface area contributed by atoms with E-state index in [1.54, 1.807) is 102 Å². The zero-order chi connectivity index (χ0) is 52.0. The maximum atomic E-state index is 14.4. The van der Waals surface area contributed by atoms with E-state index in [4.69, 9.17) is 18.1 Å². The molecule has 0 N–H and O–H groups in total. The predicted molar refractivity (Wildman–Crippen MR) is 250 cm³/mol. The van der Waals surface area contributed by atoms with Crippen molar-refractivity contribution in [1.29, 1.82) is 0 Å². The summed E-state index contributed by atoms with van der Waals surface area (Å²) in [7, 11) is -5.90. The normalized spacial score (nSPS) is 13.4. The minimum Gasteiger partial charge on any atom is -0.435 e. The van der Waals surface area contributed by atoms with Gasteiger partial charge >= 0.3 is 41.5 Å². The quantitative estimate of drug-likeness (QED) is 0.0853. The molecule has 0 spiro atoms. The molecular formula is C52H48F12O4P2. The Labute approximate surface area is 400 Å². The highest BCUT2D eigenvalue weighted by Crippen LogP contribution is 2.53. The fourth-order valence-corrected chi connectivity index (χ4v) is 10.6. The van der Waals surface area contributed by atoms with Crippen LogP contribution in [0.15, 0.2) is 97.1 Å². The molecule has 0 amide bonds. The second kappa shape index (κ2) is 20.3. The van der Waals surface area contributed by atoms with Crippen LogP contribution in [0.2, 0.25) is 0 Å². The van der Waals surface area contributed by atoms with Gasteiger partial charge in [-0.2, -0.15) is 52.7 Å². The zero-order valence-electron chi connectivity index (χ0n) is 39.5. The van der Waals surface area contributed by atoms with Gasteiger partial charge in [-0.3, -0.25) is 0 Å². The molecule has 0 aliphatic carbocycles. The van der Waals surface area contributed by atoms with E-state index in [-0.39, 0.29) is 58.1 Å². The molecule has 374 valence electrons. The van der Waals surface area contributed by atoms with Crippen molar-refractivity contribution in [3.05, 3.63) is 164 Å². The van der Waals surface area contributed by atoms with Gasteiger partial charge in [0.2, 0.25) is 0 Å². The number of alkyl halides is 12. The maximum absolute atomic E-state index is 14.4. The zero-order valence-corrected chi connectivity index (χ0v) is 41.2. The standard InChI is InChI=1S/C52H48F12O4P2/c1-27(2)41-13-11-29(5)19-45(41)65-69(39-23-35(49(53,54)55)21-36(24-39)50(56,57)58)67-47-33(9)15-31(7)17-43(47)44-18-32(8)16-34(10)48(44)68-70(66-46-20-30(6)12-14-42(46)28(3)4)40-25-37(51(59,60)61)22-38(26-40)52(62,63)64/h11-28H,1-10H3. The van der Waals surface area contributed by atoms with Crippen LogP contribution >= 0.6 is 16.8 Å². The molecule has 0 radical (unpaired) electrons. The number of halogens is 12. The summed E-state index contributed by atoms with van der Waals surface area (Å²) in [6, 6.07) is 18.8. The summed E-state index contributed by atoms with van der Waals surface area (Å²) < 4.78 is 199. The van der Waals surface area contributed by atoms with Gasteiger partial charge in [0.15, 0.2) is 0 Å². The molecule has 0 bridgehead atoms. The number of aryl methyl sites for hydroxylation is 6. The van der Waals surface area contributed by atoms with Crippen molar-refractivity contribution < 1.29 is 70.8 Å². The lowest BCUT2D eigenvalue weighted by atomic mass is 9.95. The van der Waals surface area contributed by atoms with Crippen molar-refractivity contribution in [1.82, 2.24) is 0 Å². The van der Waals surface area contributed by atoms with Gasteiger partial charge in [0.1, 0.15) is 23.0 Å². The summed E-state index contributed by atoms with van der Waals surface area (Å²) in [5.74, 6) is -0.366. The van der Waals surface area contributed by atoms with Crippen LogP contribution in [0.1, 0.15) is 106 Å². The van der Waals surface area contributed by atoms with Gasteiger partial charge in [0, 0.05) is 11.1 Å². The van der Waals surface area contributed by atoms with Crippen LogP contribution in [0, 0.1) is 41.5 Å². The number of benzene rings is 6. The first-order valence-electron chi connectivity index (χ1n) is 21.6. The van der Waals surface area contributed by atoms with Crippen LogP contribution in [0.5, 0.6) is 23.0 Å². The van der Waals surface area contributed by atoms with Crippen LogP contribution in [0.25, 0.3) is 11.1 Å². The monoisotopic (exact) mass is 1030 g/mol. The topological polar surface area (TPSA) is 36.9 Å². The lowest BCUT2D eigenvalue weighted by Gasteiger charge is -2.27. The first-order chi connectivity index (χ1) is 32.3. The van der Waals surface area contributed by atoms with E-state index >= 15 is 0 Å². The minimum absolute atomic E-state index is 0.00579. The highest BCUT2D eigenvalue weighted by Gasteiger charge is 2.41. The third-order valence-corrected chi connectivity index (χ3v) is 13.8.